The highest BCUT2D eigenvalue weighted by molar-refractivity contribution is 5.89. The summed E-state index contributed by atoms with van der Waals surface area (Å²) < 4.78 is 0. The molecule has 0 aliphatic carbocycles. The monoisotopic (exact) mass is 353 g/mol. The third kappa shape index (κ3) is 5.81. The average molecular weight is 353 g/mol. The number of aromatic nitrogens is 2. The van der Waals surface area contributed by atoms with Gasteiger partial charge in [0, 0.05) is 24.5 Å². The van der Waals surface area contributed by atoms with Crippen LogP contribution in [0.3, 0.4) is 0 Å². The molecule has 0 aromatic carbocycles. The van der Waals surface area contributed by atoms with E-state index in [-0.39, 0.29) is 6.03 Å². The van der Waals surface area contributed by atoms with E-state index in [9.17, 15) is 4.79 Å². The Morgan fingerprint density at radius 3 is 2.69 bits per heavy atom. The summed E-state index contributed by atoms with van der Waals surface area (Å²) in [5.74, 6) is 0. The molecule has 0 spiro atoms. The number of amides is 2. The van der Waals surface area contributed by atoms with Gasteiger partial charge in [0.2, 0.25) is 0 Å². The van der Waals surface area contributed by atoms with Crippen molar-refractivity contribution in [2.75, 3.05) is 31.5 Å². The maximum absolute atomic E-state index is 12.0. The standard InChI is InChI=1S/C20H27N5O/c26-20(22-11-2-5-14-25-12-3-1-4-13-25)24-18-8-9-19(23-16-18)17-7-6-10-21-15-17/h6-10,15-16H,1-5,11-14H2,(H2,22,24,26). The highest BCUT2D eigenvalue weighted by Crippen LogP contribution is 2.17. The molecule has 0 atom stereocenters. The number of carbonyl (C=O) groups excluding carboxylic acids is 1. The predicted octanol–water partition coefficient (Wildman–Crippen LogP) is 3.53. The van der Waals surface area contributed by atoms with Crippen molar-refractivity contribution in [2.45, 2.75) is 32.1 Å². The Balaban J connectivity index is 1.34. The molecule has 0 radical (unpaired) electrons. The van der Waals surface area contributed by atoms with Crippen molar-refractivity contribution >= 4 is 11.7 Å². The molecule has 1 aliphatic rings. The zero-order valence-corrected chi connectivity index (χ0v) is 15.2. The number of nitrogens with one attached hydrogen (secondary N) is 2. The minimum atomic E-state index is -0.182. The van der Waals surface area contributed by atoms with E-state index in [1.54, 1.807) is 18.6 Å². The zero-order valence-electron chi connectivity index (χ0n) is 15.2. The minimum absolute atomic E-state index is 0.182. The lowest BCUT2D eigenvalue weighted by molar-refractivity contribution is 0.224. The molecule has 2 amide bonds. The third-order valence-corrected chi connectivity index (χ3v) is 4.61. The van der Waals surface area contributed by atoms with E-state index in [0.717, 1.165) is 30.6 Å². The summed E-state index contributed by atoms with van der Waals surface area (Å²) in [6.45, 7) is 4.30. The molecular weight excluding hydrogens is 326 g/mol. The van der Waals surface area contributed by atoms with Gasteiger partial charge in [-0.05, 0) is 69.6 Å². The molecule has 1 saturated heterocycles. The number of rotatable bonds is 7. The summed E-state index contributed by atoms with van der Waals surface area (Å²) in [4.78, 5) is 23.0. The second kappa shape index (κ2) is 9.87. The number of hydrogen-bond acceptors (Lipinski definition) is 4. The second-order valence-corrected chi connectivity index (χ2v) is 6.66. The number of likely N-dealkylation sites (tertiary alicyclic amines) is 1. The van der Waals surface area contributed by atoms with Crippen LogP contribution in [0, 0.1) is 0 Å². The van der Waals surface area contributed by atoms with Gasteiger partial charge in [0.1, 0.15) is 0 Å². The fourth-order valence-electron chi connectivity index (χ4n) is 3.17. The smallest absolute Gasteiger partial charge is 0.319 e. The molecule has 1 fully saturated rings. The van der Waals surface area contributed by atoms with E-state index in [1.807, 2.05) is 24.3 Å². The number of anilines is 1. The summed E-state index contributed by atoms with van der Waals surface area (Å²) in [7, 11) is 0. The van der Waals surface area contributed by atoms with Gasteiger partial charge in [-0.1, -0.05) is 6.42 Å². The number of piperidine rings is 1. The Morgan fingerprint density at radius 1 is 1.08 bits per heavy atom. The first-order chi connectivity index (χ1) is 12.8. The van der Waals surface area contributed by atoms with Crippen LogP contribution in [0.1, 0.15) is 32.1 Å². The molecule has 6 heteroatoms. The van der Waals surface area contributed by atoms with Gasteiger partial charge >= 0.3 is 6.03 Å². The van der Waals surface area contributed by atoms with Crippen LogP contribution in [0.2, 0.25) is 0 Å². The first-order valence-electron chi connectivity index (χ1n) is 9.45. The molecule has 2 aromatic rings. The maximum atomic E-state index is 12.0. The fraction of sp³-hybridized carbons (Fsp3) is 0.450. The first kappa shape index (κ1) is 18.3. The lowest BCUT2D eigenvalue weighted by Gasteiger charge is -2.26. The van der Waals surface area contributed by atoms with Gasteiger partial charge in [-0.2, -0.15) is 0 Å². The van der Waals surface area contributed by atoms with E-state index < -0.39 is 0 Å². The maximum Gasteiger partial charge on any atom is 0.319 e. The van der Waals surface area contributed by atoms with Crippen LogP contribution in [0.5, 0.6) is 0 Å². The number of urea groups is 1. The lowest BCUT2D eigenvalue weighted by Crippen LogP contribution is -2.32. The van der Waals surface area contributed by atoms with E-state index in [4.69, 9.17) is 0 Å². The number of pyridine rings is 2. The van der Waals surface area contributed by atoms with Crippen LogP contribution < -0.4 is 10.6 Å². The quantitative estimate of drug-likeness (QED) is 0.747. The van der Waals surface area contributed by atoms with E-state index in [2.05, 4.69) is 25.5 Å². The molecule has 0 saturated carbocycles. The minimum Gasteiger partial charge on any atom is -0.338 e. The third-order valence-electron chi connectivity index (χ3n) is 4.61. The van der Waals surface area contributed by atoms with Crippen molar-refractivity contribution in [2.24, 2.45) is 0 Å². The zero-order chi connectivity index (χ0) is 18.0. The molecule has 3 heterocycles. The highest BCUT2D eigenvalue weighted by atomic mass is 16.2. The summed E-state index contributed by atoms with van der Waals surface area (Å²) in [6.07, 6.45) is 11.3. The SMILES string of the molecule is O=C(NCCCCN1CCCCC1)Nc1ccc(-c2cccnc2)nc1. The Hall–Kier alpha value is -2.47. The van der Waals surface area contributed by atoms with Gasteiger partial charge in [0.05, 0.1) is 17.6 Å². The number of nitrogens with zero attached hydrogens (tertiary/aromatic N) is 3. The van der Waals surface area contributed by atoms with Crippen LogP contribution in [-0.2, 0) is 0 Å². The average Bonchev–Trinajstić information content (AvgIpc) is 2.70. The number of unbranched alkanes of at least 4 members (excludes halogenated alkanes) is 1. The van der Waals surface area contributed by atoms with Gasteiger partial charge in [-0.3, -0.25) is 9.97 Å². The van der Waals surface area contributed by atoms with E-state index >= 15 is 0 Å². The van der Waals surface area contributed by atoms with Gasteiger partial charge < -0.3 is 15.5 Å². The van der Waals surface area contributed by atoms with Gasteiger partial charge in [-0.25, -0.2) is 4.79 Å². The molecule has 1 aliphatic heterocycles. The summed E-state index contributed by atoms with van der Waals surface area (Å²) in [5, 5.41) is 5.73. The molecule has 6 nitrogen and oxygen atoms in total. The highest BCUT2D eigenvalue weighted by Gasteiger charge is 2.09. The van der Waals surface area contributed by atoms with Crippen molar-refractivity contribution in [1.82, 2.24) is 20.2 Å². The summed E-state index contributed by atoms with van der Waals surface area (Å²) in [6, 6.07) is 7.39. The van der Waals surface area contributed by atoms with Crippen molar-refractivity contribution < 1.29 is 4.79 Å². The number of carbonyl (C=O) groups is 1. The van der Waals surface area contributed by atoms with E-state index in [1.165, 1.54) is 32.4 Å². The van der Waals surface area contributed by atoms with Crippen molar-refractivity contribution in [3.8, 4) is 11.3 Å². The fourth-order valence-corrected chi connectivity index (χ4v) is 3.17. The Bertz CT molecular complexity index is 668. The van der Waals surface area contributed by atoms with E-state index in [0.29, 0.717) is 12.2 Å². The second-order valence-electron chi connectivity index (χ2n) is 6.66. The normalized spacial score (nSPS) is 14.8. The van der Waals surface area contributed by atoms with Crippen LogP contribution in [0.4, 0.5) is 10.5 Å². The van der Waals surface area contributed by atoms with Crippen LogP contribution in [0.25, 0.3) is 11.3 Å². The van der Waals surface area contributed by atoms with Crippen molar-refractivity contribution in [1.29, 1.82) is 0 Å². The summed E-state index contributed by atoms with van der Waals surface area (Å²) in [5.41, 5.74) is 2.47. The first-order valence-corrected chi connectivity index (χ1v) is 9.45. The van der Waals surface area contributed by atoms with Crippen LogP contribution in [-0.4, -0.2) is 47.1 Å². The van der Waals surface area contributed by atoms with Crippen molar-refractivity contribution in [3.63, 3.8) is 0 Å². The molecule has 0 unspecified atom stereocenters. The van der Waals surface area contributed by atoms with Crippen LogP contribution in [0.15, 0.2) is 42.9 Å². The molecule has 138 valence electrons. The molecular formula is C20H27N5O. The Morgan fingerprint density at radius 2 is 1.96 bits per heavy atom. The summed E-state index contributed by atoms with van der Waals surface area (Å²) >= 11 is 0. The molecule has 3 rings (SSSR count). The van der Waals surface area contributed by atoms with Gasteiger partial charge in [-0.15, -0.1) is 0 Å². The lowest BCUT2D eigenvalue weighted by atomic mass is 10.1. The Labute approximate surface area is 155 Å². The van der Waals surface area contributed by atoms with Crippen molar-refractivity contribution in [3.05, 3.63) is 42.9 Å². The Kier molecular flexibility index (Phi) is 6.96. The molecule has 2 aromatic heterocycles. The van der Waals surface area contributed by atoms with Gasteiger partial charge in [0.25, 0.3) is 0 Å². The number of hydrogen-bond donors (Lipinski definition) is 2. The topological polar surface area (TPSA) is 70.2 Å². The predicted molar refractivity (Wildman–Crippen MR) is 104 cm³/mol. The molecule has 26 heavy (non-hydrogen) atoms. The van der Waals surface area contributed by atoms with Crippen LogP contribution >= 0.6 is 0 Å². The molecule has 0 bridgehead atoms. The largest absolute Gasteiger partial charge is 0.338 e. The van der Waals surface area contributed by atoms with Gasteiger partial charge in [0.15, 0.2) is 0 Å². The molecule has 2 N–H and O–H groups in total.